The van der Waals surface area contributed by atoms with Crippen molar-refractivity contribution in [3.8, 4) is 0 Å². The first kappa shape index (κ1) is 22.4. The normalized spacial score (nSPS) is 13.8. The molecule has 0 saturated carbocycles. The molecule has 172 valence electrons. The number of pyridine rings is 1. The Morgan fingerprint density at radius 1 is 1.06 bits per heavy atom. The molecule has 1 aromatic carbocycles. The van der Waals surface area contributed by atoms with E-state index in [4.69, 9.17) is 0 Å². The van der Waals surface area contributed by atoms with Gasteiger partial charge in [0.25, 0.3) is 5.91 Å². The Morgan fingerprint density at radius 2 is 1.79 bits per heavy atom. The second kappa shape index (κ2) is 9.40. The number of aryl methyl sites for hydroxylation is 3. The summed E-state index contributed by atoms with van der Waals surface area (Å²) in [6, 6.07) is 10.5. The van der Waals surface area contributed by atoms with Crippen molar-refractivity contribution >= 4 is 23.2 Å². The molecule has 0 radical (unpaired) electrons. The van der Waals surface area contributed by atoms with Gasteiger partial charge in [-0.15, -0.1) is 0 Å². The maximum atomic E-state index is 13.8. The summed E-state index contributed by atoms with van der Waals surface area (Å²) in [7, 11) is 0. The molecule has 4 rings (SSSR count). The Morgan fingerprint density at radius 3 is 2.45 bits per heavy atom. The van der Waals surface area contributed by atoms with Gasteiger partial charge in [0, 0.05) is 43.6 Å². The summed E-state index contributed by atoms with van der Waals surface area (Å²) in [5.41, 5.74) is 3.70. The molecule has 0 bridgehead atoms. The van der Waals surface area contributed by atoms with Gasteiger partial charge in [0.1, 0.15) is 12.4 Å². The molecule has 1 fully saturated rings. The molecular weight excluding hydrogens is 423 g/mol. The first-order valence-corrected chi connectivity index (χ1v) is 10.9. The van der Waals surface area contributed by atoms with Crippen molar-refractivity contribution in [2.75, 3.05) is 36.4 Å². The van der Waals surface area contributed by atoms with Gasteiger partial charge < -0.3 is 15.1 Å². The van der Waals surface area contributed by atoms with Crippen molar-refractivity contribution in [2.45, 2.75) is 27.3 Å². The van der Waals surface area contributed by atoms with E-state index in [1.54, 1.807) is 23.7 Å². The van der Waals surface area contributed by atoms with Crippen LogP contribution in [0, 0.1) is 26.6 Å². The van der Waals surface area contributed by atoms with Crippen molar-refractivity contribution in [1.29, 1.82) is 0 Å². The Bertz CT molecular complexity index is 1180. The minimum Gasteiger partial charge on any atom is -0.367 e. The molecule has 3 heterocycles. The fourth-order valence-corrected chi connectivity index (χ4v) is 3.97. The van der Waals surface area contributed by atoms with Gasteiger partial charge in [-0.2, -0.15) is 5.10 Å². The smallest absolute Gasteiger partial charge is 0.257 e. The zero-order valence-electron chi connectivity index (χ0n) is 19.0. The first-order chi connectivity index (χ1) is 15.8. The molecule has 0 spiro atoms. The summed E-state index contributed by atoms with van der Waals surface area (Å²) in [6.45, 7) is 7.96. The third-order valence-corrected chi connectivity index (χ3v) is 5.79. The van der Waals surface area contributed by atoms with Crippen LogP contribution < -0.4 is 10.2 Å². The molecule has 1 saturated heterocycles. The molecule has 3 aromatic rings. The van der Waals surface area contributed by atoms with Gasteiger partial charge in [-0.1, -0.05) is 12.1 Å². The van der Waals surface area contributed by atoms with Gasteiger partial charge in [0.15, 0.2) is 0 Å². The van der Waals surface area contributed by atoms with E-state index in [2.05, 4.69) is 20.3 Å². The number of carbonyl (C=O) groups is 2. The number of amides is 2. The Labute approximate surface area is 192 Å². The maximum absolute atomic E-state index is 13.8. The maximum Gasteiger partial charge on any atom is 0.257 e. The van der Waals surface area contributed by atoms with E-state index in [1.165, 1.54) is 12.3 Å². The fourth-order valence-electron chi connectivity index (χ4n) is 3.97. The largest absolute Gasteiger partial charge is 0.367 e. The molecule has 2 aromatic heterocycles. The quantitative estimate of drug-likeness (QED) is 0.646. The van der Waals surface area contributed by atoms with E-state index in [9.17, 15) is 14.0 Å². The topological polar surface area (TPSA) is 83.4 Å². The summed E-state index contributed by atoms with van der Waals surface area (Å²) in [5, 5.41) is 7.09. The Kier molecular flexibility index (Phi) is 6.39. The number of benzene rings is 1. The molecule has 33 heavy (non-hydrogen) atoms. The molecule has 0 aliphatic carbocycles. The zero-order chi connectivity index (χ0) is 23.5. The van der Waals surface area contributed by atoms with E-state index >= 15 is 0 Å². The summed E-state index contributed by atoms with van der Waals surface area (Å²) in [5.74, 6) is -0.776. The molecular formula is C24H27FN6O2. The van der Waals surface area contributed by atoms with Crippen LogP contribution in [0.5, 0.6) is 0 Å². The second-order valence-corrected chi connectivity index (χ2v) is 8.22. The van der Waals surface area contributed by atoms with E-state index in [0.29, 0.717) is 37.4 Å². The predicted octanol–water partition coefficient (Wildman–Crippen LogP) is 2.94. The third kappa shape index (κ3) is 5.02. The molecule has 1 aliphatic rings. The zero-order valence-corrected chi connectivity index (χ0v) is 19.0. The molecule has 8 nitrogen and oxygen atoms in total. The van der Waals surface area contributed by atoms with Gasteiger partial charge >= 0.3 is 0 Å². The van der Waals surface area contributed by atoms with Crippen LogP contribution >= 0.6 is 0 Å². The number of hydrogen-bond donors (Lipinski definition) is 1. The molecule has 9 heteroatoms. The minimum absolute atomic E-state index is 0.0285. The average Bonchev–Trinajstić information content (AvgIpc) is 3.12. The van der Waals surface area contributed by atoms with Crippen molar-refractivity contribution in [3.63, 3.8) is 0 Å². The van der Waals surface area contributed by atoms with Crippen molar-refractivity contribution in [1.82, 2.24) is 19.7 Å². The van der Waals surface area contributed by atoms with Crippen LogP contribution in [0.2, 0.25) is 0 Å². The van der Waals surface area contributed by atoms with E-state index in [-0.39, 0.29) is 24.1 Å². The van der Waals surface area contributed by atoms with Crippen LogP contribution in [0.1, 0.15) is 27.4 Å². The van der Waals surface area contributed by atoms with Crippen LogP contribution in [-0.2, 0) is 11.3 Å². The highest BCUT2D eigenvalue weighted by molar-refractivity contribution is 6.08. The fraction of sp³-hybridized carbons (Fsp3) is 0.333. The first-order valence-electron chi connectivity index (χ1n) is 10.9. The Balaban J connectivity index is 1.41. The lowest BCUT2D eigenvalue weighted by atomic mass is 10.1. The van der Waals surface area contributed by atoms with Crippen molar-refractivity contribution in [2.24, 2.45) is 0 Å². The summed E-state index contributed by atoms with van der Waals surface area (Å²) in [6.07, 6.45) is 1.44. The number of nitrogens with one attached hydrogen (secondary N) is 1. The summed E-state index contributed by atoms with van der Waals surface area (Å²) < 4.78 is 15.5. The highest BCUT2D eigenvalue weighted by Crippen LogP contribution is 2.23. The average molecular weight is 451 g/mol. The van der Waals surface area contributed by atoms with Gasteiger partial charge in [-0.05, 0) is 39.0 Å². The Hall–Kier alpha value is -3.75. The van der Waals surface area contributed by atoms with Crippen LogP contribution in [0.15, 0.2) is 42.6 Å². The number of nitrogens with zero attached hydrogens (tertiary/aromatic N) is 5. The van der Waals surface area contributed by atoms with Crippen LogP contribution in [0.25, 0.3) is 0 Å². The molecule has 1 N–H and O–H groups in total. The van der Waals surface area contributed by atoms with Crippen LogP contribution in [0.3, 0.4) is 0 Å². The monoisotopic (exact) mass is 450 g/mol. The number of hydrogen-bond acceptors (Lipinski definition) is 5. The summed E-state index contributed by atoms with van der Waals surface area (Å²) >= 11 is 0. The number of halogens is 1. The van der Waals surface area contributed by atoms with Crippen LogP contribution in [0.4, 0.5) is 15.8 Å². The van der Waals surface area contributed by atoms with E-state index < -0.39 is 5.82 Å². The van der Waals surface area contributed by atoms with Gasteiger partial charge in [0.2, 0.25) is 5.91 Å². The lowest BCUT2D eigenvalue weighted by Gasteiger charge is -2.37. The number of anilines is 2. The highest BCUT2D eigenvalue weighted by atomic mass is 19.1. The van der Waals surface area contributed by atoms with Crippen LogP contribution in [-0.4, -0.2) is 57.7 Å². The number of rotatable bonds is 5. The standard InChI is InChI=1S/C24H27FN6O2/c1-16-12-17(2)31(28-16)15-23(32)30-10-8-29(9-11-30)22-7-5-4-6-20(22)24(33)27-19-13-21(25)18(3)26-14-19/h4-7,12-14H,8-11,15H2,1-3H3,(H,27,33). The van der Waals surface area contributed by atoms with E-state index in [1.807, 2.05) is 36.9 Å². The lowest BCUT2D eigenvalue weighted by molar-refractivity contribution is -0.132. The number of para-hydroxylation sites is 1. The number of carbonyl (C=O) groups excluding carboxylic acids is 2. The van der Waals surface area contributed by atoms with Crippen molar-refractivity contribution < 1.29 is 14.0 Å². The van der Waals surface area contributed by atoms with Gasteiger partial charge in [0.05, 0.1) is 28.8 Å². The molecule has 1 aliphatic heterocycles. The molecule has 0 atom stereocenters. The second-order valence-electron chi connectivity index (χ2n) is 8.22. The SMILES string of the molecule is Cc1cc(C)n(CC(=O)N2CCN(c3ccccc3C(=O)Nc3cnc(C)c(F)c3)CC2)n1. The lowest BCUT2D eigenvalue weighted by Crippen LogP contribution is -2.50. The molecule has 2 amide bonds. The molecule has 0 unspecified atom stereocenters. The highest BCUT2D eigenvalue weighted by Gasteiger charge is 2.24. The third-order valence-electron chi connectivity index (χ3n) is 5.79. The minimum atomic E-state index is -0.470. The van der Waals surface area contributed by atoms with Gasteiger partial charge in [-0.25, -0.2) is 4.39 Å². The number of piperazine rings is 1. The summed E-state index contributed by atoms with van der Waals surface area (Å²) in [4.78, 5) is 33.5. The number of aromatic nitrogens is 3. The van der Waals surface area contributed by atoms with E-state index in [0.717, 1.165) is 17.1 Å². The van der Waals surface area contributed by atoms with Gasteiger partial charge in [-0.3, -0.25) is 19.3 Å². The van der Waals surface area contributed by atoms with Crippen molar-refractivity contribution in [3.05, 3.63) is 71.1 Å². The predicted molar refractivity (Wildman–Crippen MR) is 124 cm³/mol.